The molecule has 0 bridgehead atoms. The molecule has 1 N–H and O–H groups in total. The second-order valence-corrected chi connectivity index (χ2v) is 3.78. The molecule has 1 aliphatic rings. The normalized spacial score (nSPS) is 25.1. The lowest BCUT2D eigenvalue weighted by molar-refractivity contribution is 0.115. The van der Waals surface area contributed by atoms with Gasteiger partial charge in [-0.25, -0.2) is 9.97 Å². The molecule has 1 aromatic rings. The molecule has 2 heterocycles. The summed E-state index contributed by atoms with van der Waals surface area (Å²) in [6.07, 6.45) is 1.95. The number of hydrogen-bond donors (Lipinski definition) is 1. The van der Waals surface area contributed by atoms with Crippen molar-refractivity contribution in [3.8, 4) is 0 Å². The maximum absolute atomic E-state index is 13.0. The van der Waals surface area contributed by atoms with E-state index in [1.807, 2.05) is 4.90 Å². The van der Waals surface area contributed by atoms with Crippen molar-refractivity contribution >= 4 is 5.82 Å². The number of aromatic nitrogens is 2. The molecule has 0 radical (unpaired) electrons. The Kier molecular flexibility index (Phi) is 3.31. The van der Waals surface area contributed by atoms with Crippen molar-refractivity contribution < 1.29 is 14.2 Å². The quantitative estimate of drug-likeness (QED) is 0.748. The van der Waals surface area contributed by atoms with Crippen LogP contribution in [0.2, 0.25) is 0 Å². The molecule has 2 rings (SSSR count). The van der Waals surface area contributed by atoms with Gasteiger partial charge in [-0.15, -0.1) is 0 Å². The predicted molar refractivity (Wildman–Crippen MR) is 55.6 cm³/mol. The molecule has 2 unspecified atom stereocenters. The van der Waals surface area contributed by atoms with E-state index in [-0.39, 0.29) is 18.8 Å². The van der Waals surface area contributed by atoms with Gasteiger partial charge in [0, 0.05) is 19.7 Å². The molecule has 88 valence electrons. The van der Waals surface area contributed by atoms with E-state index < -0.39 is 5.95 Å². The van der Waals surface area contributed by atoms with Crippen LogP contribution in [0.5, 0.6) is 0 Å². The topological polar surface area (TPSA) is 58.5 Å². The Morgan fingerprint density at radius 1 is 1.62 bits per heavy atom. The number of halogens is 1. The van der Waals surface area contributed by atoms with Crippen LogP contribution in [0.25, 0.3) is 0 Å². The number of aliphatic hydroxyl groups is 1. The Labute approximate surface area is 92.9 Å². The predicted octanol–water partition coefficient (Wildman–Crippen LogP) is 0.202. The molecule has 0 aromatic carbocycles. The fraction of sp³-hybridized carbons (Fsp3) is 0.600. The van der Waals surface area contributed by atoms with Crippen LogP contribution in [0.3, 0.4) is 0 Å². The zero-order chi connectivity index (χ0) is 11.5. The van der Waals surface area contributed by atoms with E-state index in [1.54, 1.807) is 7.11 Å². The number of anilines is 1. The van der Waals surface area contributed by atoms with Gasteiger partial charge in [0.2, 0.25) is 5.95 Å². The maximum Gasteiger partial charge on any atom is 0.218 e. The van der Waals surface area contributed by atoms with E-state index in [1.165, 1.54) is 12.4 Å². The van der Waals surface area contributed by atoms with Gasteiger partial charge in [0.15, 0.2) is 0 Å². The third kappa shape index (κ3) is 2.12. The largest absolute Gasteiger partial charge is 0.394 e. The number of aliphatic hydroxyl groups excluding tert-OH is 1. The zero-order valence-corrected chi connectivity index (χ0v) is 9.01. The molecule has 0 saturated carbocycles. The fourth-order valence-electron chi connectivity index (χ4n) is 1.98. The van der Waals surface area contributed by atoms with E-state index >= 15 is 0 Å². The van der Waals surface area contributed by atoms with Crippen LogP contribution in [-0.2, 0) is 4.74 Å². The molecule has 1 aliphatic heterocycles. The summed E-state index contributed by atoms with van der Waals surface area (Å²) in [5.41, 5.74) is 0. The second-order valence-electron chi connectivity index (χ2n) is 3.78. The maximum atomic E-state index is 13.0. The van der Waals surface area contributed by atoms with Crippen LogP contribution in [0.1, 0.15) is 6.42 Å². The highest BCUT2D eigenvalue weighted by molar-refractivity contribution is 5.40. The molecule has 1 fully saturated rings. The first-order valence-electron chi connectivity index (χ1n) is 5.12. The van der Waals surface area contributed by atoms with E-state index in [2.05, 4.69) is 9.97 Å². The molecular formula is C10H14FN3O2. The Bertz CT molecular complexity index is 364. The van der Waals surface area contributed by atoms with Crippen molar-refractivity contribution in [1.29, 1.82) is 0 Å². The van der Waals surface area contributed by atoms with Gasteiger partial charge in [-0.05, 0) is 6.42 Å². The highest BCUT2D eigenvalue weighted by Gasteiger charge is 2.32. The first kappa shape index (κ1) is 11.2. The number of nitrogens with zero attached hydrogens (tertiary/aromatic N) is 3. The summed E-state index contributed by atoms with van der Waals surface area (Å²) >= 11 is 0. The van der Waals surface area contributed by atoms with Crippen molar-refractivity contribution in [3.63, 3.8) is 0 Å². The minimum Gasteiger partial charge on any atom is -0.394 e. The SMILES string of the molecule is COC1CC(CO)N(c2cc(F)ncn2)C1. The Balaban J connectivity index is 2.19. The number of methoxy groups -OCH3 is 1. The van der Waals surface area contributed by atoms with Crippen LogP contribution in [0.4, 0.5) is 10.2 Å². The van der Waals surface area contributed by atoms with Crippen LogP contribution in [-0.4, -0.2) is 47.5 Å². The molecule has 0 aliphatic carbocycles. The van der Waals surface area contributed by atoms with E-state index in [0.29, 0.717) is 12.4 Å². The molecule has 16 heavy (non-hydrogen) atoms. The van der Waals surface area contributed by atoms with Crippen LogP contribution < -0.4 is 4.90 Å². The lowest BCUT2D eigenvalue weighted by atomic mass is 10.2. The van der Waals surface area contributed by atoms with Crippen molar-refractivity contribution in [3.05, 3.63) is 18.3 Å². The molecule has 1 aromatic heterocycles. The zero-order valence-electron chi connectivity index (χ0n) is 9.01. The van der Waals surface area contributed by atoms with Gasteiger partial charge in [0.25, 0.3) is 0 Å². The van der Waals surface area contributed by atoms with Gasteiger partial charge in [0.05, 0.1) is 18.8 Å². The first-order valence-corrected chi connectivity index (χ1v) is 5.12. The minimum atomic E-state index is -0.567. The van der Waals surface area contributed by atoms with Crippen molar-refractivity contribution in [1.82, 2.24) is 9.97 Å². The molecular weight excluding hydrogens is 213 g/mol. The summed E-state index contributed by atoms with van der Waals surface area (Å²) in [4.78, 5) is 9.25. The summed E-state index contributed by atoms with van der Waals surface area (Å²) in [5, 5.41) is 9.25. The standard InChI is InChI=1S/C10H14FN3O2/c1-16-8-2-7(5-15)14(4-8)10-3-9(11)12-6-13-10/h3,6-8,15H,2,4-5H2,1H3. The molecule has 5 nitrogen and oxygen atoms in total. The number of hydrogen-bond acceptors (Lipinski definition) is 5. The van der Waals surface area contributed by atoms with Crippen LogP contribution >= 0.6 is 0 Å². The van der Waals surface area contributed by atoms with Gasteiger partial charge in [-0.3, -0.25) is 0 Å². The Hall–Kier alpha value is -1.27. The summed E-state index contributed by atoms with van der Waals surface area (Å²) < 4.78 is 18.2. The highest BCUT2D eigenvalue weighted by atomic mass is 19.1. The summed E-state index contributed by atoms with van der Waals surface area (Å²) in [6.45, 7) is 0.615. The molecule has 1 saturated heterocycles. The molecule has 6 heteroatoms. The van der Waals surface area contributed by atoms with Gasteiger partial charge >= 0.3 is 0 Å². The Morgan fingerprint density at radius 3 is 3.06 bits per heavy atom. The summed E-state index contributed by atoms with van der Waals surface area (Å²) in [7, 11) is 1.63. The fourth-order valence-corrected chi connectivity index (χ4v) is 1.98. The van der Waals surface area contributed by atoms with Crippen molar-refractivity contribution in [2.45, 2.75) is 18.6 Å². The minimum absolute atomic E-state index is 0.00544. The van der Waals surface area contributed by atoms with Gasteiger partial charge in [0.1, 0.15) is 12.1 Å². The van der Waals surface area contributed by atoms with E-state index in [9.17, 15) is 9.50 Å². The highest BCUT2D eigenvalue weighted by Crippen LogP contribution is 2.25. The van der Waals surface area contributed by atoms with Crippen LogP contribution in [0, 0.1) is 5.95 Å². The number of ether oxygens (including phenoxy) is 1. The van der Waals surface area contributed by atoms with Crippen molar-refractivity contribution in [2.75, 3.05) is 25.2 Å². The van der Waals surface area contributed by atoms with Gasteiger partial charge < -0.3 is 14.7 Å². The smallest absolute Gasteiger partial charge is 0.218 e. The molecule has 0 spiro atoms. The average Bonchev–Trinajstić information content (AvgIpc) is 2.72. The summed E-state index contributed by atoms with van der Waals surface area (Å²) in [6, 6.07) is 1.19. The van der Waals surface area contributed by atoms with E-state index in [0.717, 1.165) is 6.42 Å². The monoisotopic (exact) mass is 227 g/mol. The van der Waals surface area contributed by atoms with E-state index in [4.69, 9.17) is 4.74 Å². The van der Waals surface area contributed by atoms with Gasteiger partial charge in [-0.2, -0.15) is 4.39 Å². The van der Waals surface area contributed by atoms with Crippen molar-refractivity contribution in [2.24, 2.45) is 0 Å². The number of rotatable bonds is 3. The molecule has 0 amide bonds. The second kappa shape index (κ2) is 4.71. The van der Waals surface area contributed by atoms with Gasteiger partial charge in [-0.1, -0.05) is 0 Å². The third-order valence-electron chi connectivity index (χ3n) is 2.83. The lowest BCUT2D eigenvalue weighted by Gasteiger charge is -2.23. The lowest BCUT2D eigenvalue weighted by Crippen LogP contribution is -2.33. The summed E-state index contributed by atoms with van der Waals surface area (Å²) in [5.74, 6) is -0.0753. The Morgan fingerprint density at radius 2 is 2.44 bits per heavy atom. The van der Waals surface area contributed by atoms with Crippen LogP contribution in [0.15, 0.2) is 12.4 Å². The molecule has 2 atom stereocenters. The average molecular weight is 227 g/mol. The third-order valence-corrected chi connectivity index (χ3v) is 2.83. The first-order chi connectivity index (χ1) is 7.74.